The van der Waals surface area contributed by atoms with Crippen molar-refractivity contribution in [3.05, 3.63) is 35.4 Å². The van der Waals surface area contributed by atoms with E-state index < -0.39 is 35.9 Å². The van der Waals surface area contributed by atoms with Crippen molar-refractivity contribution in [2.24, 2.45) is 11.7 Å². The summed E-state index contributed by atoms with van der Waals surface area (Å²) in [6, 6.07) is 5.51. The molecule has 0 saturated carbocycles. The number of nitrogens with one attached hydrogen (secondary N) is 1. The summed E-state index contributed by atoms with van der Waals surface area (Å²) in [6.07, 6.45) is 0.145. The lowest BCUT2D eigenvalue weighted by atomic mass is 9.92. The molecule has 7 heteroatoms. The van der Waals surface area contributed by atoms with Crippen molar-refractivity contribution in [1.82, 2.24) is 10.2 Å². The third kappa shape index (κ3) is 3.92. The zero-order chi connectivity index (χ0) is 18.7. The van der Waals surface area contributed by atoms with Crippen LogP contribution in [0, 0.1) is 12.8 Å². The van der Waals surface area contributed by atoms with Crippen molar-refractivity contribution in [2.45, 2.75) is 45.3 Å². The molecule has 0 spiro atoms. The number of hydrogen-bond donors (Lipinski definition) is 2. The molecule has 1 heterocycles. The minimum absolute atomic E-state index is 0.114. The molecular formula is C18H25N3O4. The molecule has 1 aliphatic heterocycles. The molecule has 3 N–H and O–H groups in total. The van der Waals surface area contributed by atoms with Gasteiger partial charge < -0.3 is 20.7 Å². The quantitative estimate of drug-likeness (QED) is 0.806. The first-order chi connectivity index (χ1) is 11.8. The minimum Gasteiger partial charge on any atom is -0.469 e. The number of primary amides is 1. The zero-order valence-corrected chi connectivity index (χ0v) is 15.0. The first-order valence-corrected chi connectivity index (χ1v) is 8.28. The van der Waals surface area contributed by atoms with Gasteiger partial charge in [0.15, 0.2) is 0 Å². The van der Waals surface area contributed by atoms with Gasteiger partial charge in [-0.2, -0.15) is 0 Å². The van der Waals surface area contributed by atoms with Crippen molar-refractivity contribution >= 4 is 17.9 Å². The zero-order valence-electron chi connectivity index (χ0n) is 15.0. The number of nitrogens with two attached hydrogens (primary N) is 1. The van der Waals surface area contributed by atoms with Crippen LogP contribution in [0.5, 0.6) is 0 Å². The average Bonchev–Trinajstić information content (AvgIpc) is 2.95. The molecule has 7 nitrogen and oxygen atoms in total. The van der Waals surface area contributed by atoms with Crippen molar-refractivity contribution in [3.63, 3.8) is 0 Å². The smallest absolute Gasteiger partial charge is 0.318 e. The number of benzene rings is 1. The molecule has 1 fully saturated rings. The lowest BCUT2D eigenvalue weighted by molar-refractivity contribution is -0.146. The highest BCUT2D eigenvalue weighted by Gasteiger charge is 2.50. The van der Waals surface area contributed by atoms with Crippen molar-refractivity contribution in [3.8, 4) is 0 Å². The monoisotopic (exact) mass is 347 g/mol. The SMILES string of the molecule is COC(=O)C1CC(C(N)=O)N(C(=O)NC(C)C)C1c1ccc(C)cc1. The van der Waals surface area contributed by atoms with E-state index in [1.54, 1.807) is 0 Å². The van der Waals surface area contributed by atoms with E-state index in [-0.39, 0.29) is 12.5 Å². The Labute approximate surface area is 147 Å². The van der Waals surface area contributed by atoms with Crippen LogP contribution >= 0.6 is 0 Å². The summed E-state index contributed by atoms with van der Waals surface area (Å²) in [6.45, 7) is 5.60. The number of likely N-dealkylation sites (tertiary alicyclic amines) is 1. The summed E-state index contributed by atoms with van der Waals surface area (Å²) in [5.41, 5.74) is 7.34. The number of esters is 1. The Bertz CT molecular complexity index is 657. The fraction of sp³-hybridized carbons (Fsp3) is 0.500. The lowest BCUT2D eigenvalue weighted by Gasteiger charge is -2.31. The fourth-order valence-electron chi connectivity index (χ4n) is 3.25. The number of aryl methyl sites for hydroxylation is 1. The summed E-state index contributed by atoms with van der Waals surface area (Å²) < 4.78 is 4.90. The Balaban J connectivity index is 2.50. The number of hydrogen-bond acceptors (Lipinski definition) is 4. The molecule has 3 amide bonds. The Morgan fingerprint density at radius 2 is 1.84 bits per heavy atom. The van der Waals surface area contributed by atoms with Crippen LogP contribution in [0.3, 0.4) is 0 Å². The van der Waals surface area contributed by atoms with E-state index in [0.717, 1.165) is 11.1 Å². The van der Waals surface area contributed by atoms with Gasteiger partial charge in [-0.25, -0.2) is 4.79 Å². The van der Waals surface area contributed by atoms with Crippen LogP contribution in [0.15, 0.2) is 24.3 Å². The topological polar surface area (TPSA) is 102 Å². The summed E-state index contributed by atoms with van der Waals surface area (Å²) in [5.74, 6) is -1.75. The Kier molecular flexibility index (Phi) is 5.66. The van der Waals surface area contributed by atoms with E-state index in [9.17, 15) is 14.4 Å². The maximum Gasteiger partial charge on any atom is 0.318 e. The number of ether oxygens (including phenoxy) is 1. The highest BCUT2D eigenvalue weighted by molar-refractivity contribution is 5.89. The summed E-state index contributed by atoms with van der Waals surface area (Å²) in [4.78, 5) is 38.3. The molecule has 1 aromatic carbocycles. The van der Waals surface area contributed by atoms with Gasteiger partial charge in [-0.15, -0.1) is 0 Å². The maximum absolute atomic E-state index is 12.7. The number of nitrogens with zero attached hydrogens (tertiary/aromatic N) is 1. The van der Waals surface area contributed by atoms with Gasteiger partial charge in [0.25, 0.3) is 0 Å². The van der Waals surface area contributed by atoms with E-state index in [1.807, 2.05) is 45.0 Å². The summed E-state index contributed by atoms with van der Waals surface area (Å²) in [5, 5.41) is 2.79. The summed E-state index contributed by atoms with van der Waals surface area (Å²) >= 11 is 0. The normalized spacial score (nSPS) is 22.8. The predicted octanol–water partition coefficient (Wildman–Crippen LogP) is 1.50. The van der Waals surface area contributed by atoms with Crippen LogP contribution in [-0.2, 0) is 14.3 Å². The second kappa shape index (κ2) is 7.55. The number of urea groups is 1. The molecule has 0 radical (unpaired) electrons. The molecule has 0 aromatic heterocycles. The Hall–Kier alpha value is -2.57. The highest BCUT2D eigenvalue weighted by Crippen LogP contribution is 2.41. The maximum atomic E-state index is 12.7. The first-order valence-electron chi connectivity index (χ1n) is 8.28. The number of amides is 3. The van der Waals surface area contributed by atoms with Gasteiger partial charge in [0.05, 0.1) is 19.1 Å². The Morgan fingerprint density at radius 3 is 2.32 bits per heavy atom. The largest absolute Gasteiger partial charge is 0.469 e. The van der Waals surface area contributed by atoms with E-state index in [2.05, 4.69) is 5.32 Å². The van der Waals surface area contributed by atoms with Crippen LogP contribution in [0.25, 0.3) is 0 Å². The second-order valence-corrected chi connectivity index (χ2v) is 6.65. The van der Waals surface area contributed by atoms with E-state index in [4.69, 9.17) is 10.5 Å². The fourth-order valence-corrected chi connectivity index (χ4v) is 3.25. The van der Waals surface area contributed by atoms with Gasteiger partial charge in [-0.3, -0.25) is 9.59 Å². The van der Waals surface area contributed by atoms with Crippen molar-refractivity contribution < 1.29 is 19.1 Å². The van der Waals surface area contributed by atoms with Gasteiger partial charge in [0.2, 0.25) is 5.91 Å². The van der Waals surface area contributed by atoms with E-state index in [0.29, 0.717) is 0 Å². The molecule has 3 atom stereocenters. The van der Waals surface area contributed by atoms with Crippen molar-refractivity contribution in [1.29, 1.82) is 0 Å². The van der Waals surface area contributed by atoms with Crippen molar-refractivity contribution in [2.75, 3.05) is 7.11 Å². The number of carbonyl (C=O) groups excluding carboxylic acids is 3. The molecule has 0 aliphatic carbocycles. The third-order valence-electron chi connectivity index (χ3n) is 4.39. The third-order valence-corrected chi connectivity index (χ3v) is 4.39. The van der Waals surface area contributed by atoms with Gasteiger partial charge >= 0.3 is 12.0 Å². The molecule has 136 valence electrons. The molecule has 0 bridgehead atoms. The molecular weight excluding hydrogens is 322 g/mol. The first kappa shape index (κ1) is 18.8. The molecule has 1 aromatic rings. The van der Waals surface area contributed by atoms with Gasteiger partial charge in [-0.1, -0.05) is 29.8 Å². The number of rotatable bonds is 4. The lowest BCUT2D eigenvalue weighted by Crippen LogP contribution is -2.50. The average molecular weight is 347 g/mol. The Morgan fingerprint density at radius 1 is 1.24 bits per heavy atom. The molecule has 1 saturated heterocycles. The highest BCUT2D eigenvalue weighted by atomic mass is 16.5. The van der Waals surface area contributed by atoms with Gasteiger partial charge in [0, 0.05) is 6.04 Å². The minimum atomic E-state index is -0.867. The van der Waals surface area contributed by atoms with Crippen LogP contribution in [0.4, 0.5) is 4.79 Å². The van der Waals surface area contributed by atoms with Gasteiger partial charge in [-0.05, 0) is 32.8 Å². The second-order valence-electron chi connectivity index (χ2n) is 6.65. The van der Waals surface area contributed by atoms with Crippen LogP contribution in [0.2, 0.25) is 0 Å². The number of methoxy groups -OCH3 is 1. The van der Waals surface area contributed by atoms with Crippen LogP contribution in [-0.4, -0.2) is 42.0 Å². The molecule has 25 heavy (non-hydrogen) atoms. The molecule has 1 aliphatic rings. The van der Waals surface area contributed by atoms with E-state index >= 15 is 0 Å². The molecule has 3 unspecified atom stereocenters. The van der Waals surface area contributed by atoms with Gasteiger partial charge in [0.1, 0.15) is 6.04 Å². The van der Waals surface area contributed by atoms with E-state index in [1.165, 1.54) is 12.0 Å². The van der Waals surface area contributed by atoms with Crippen LogP contribution in [0.1, 0.15) is 37.4 Å². The number of carbonyl (C=O) groups is 3. The van der Waals surface area contributed by atoms with Crippen LogP contribution < -0.4 is 11.1 Å². The molecule has 2 rings (SSSR count). The predicted molar refractivity (Wildman–Crippen MR) is 92.5 cm³/mol. The standard InChI is InChI=1S/C18H25N3O4/c1-10(2)20-18(24)21-14(16(19)22)9-13(17(23)25-4)15(21)12-7-5-11(3)6-8-12/h5-8,10,13-15H,9H2,1-4H3,(H2,19,22)(H,20,24). The summed E-state index contributed by atoms with van der Waals surface area (Å²) in [7, 11) is 1.30.